The van der Waals surface area contributed by atoms with Gasteiger partial charge in [0.2, 0.25) is 5.88 Å². The minimum absolute atomic E-state index is 0.0592. The predicted octanol–water partition coefficient (Wildman–Crippen LogP) is 2.74. The van der Waals surface area contributed by atoms with Gasteiger partial charge in [0, 0.05) is 13.1 Å². The fourth-order valence-corrected chi connectivity index (χ4v) is 2.83. The van der Waals surface area contributed by atoms with Gasteiger partial charge in [0.05, 0.1) is 18.0 Å². The van der Waals surface area contributed by atoms with Crippen molar-refractivity contribution in [3.63, 3.8) is 0 Å². The Morgan fingerprint density at radius 3 is 2.95 bits per heavy atom. The van der Waals surface area contributed by atoms with Gasteiger partial charge >= 0.3 is 6.03 Å². The highest BCUT2D eigenvalue weighted by Gasteiger charge is 2.25. The summed E-state index contributed by atoms with van der Waals surface area (Å²) in [5, 5.41) is 5.18. The maximum Gasteiger partial charge on any atom is 0.345 e. The Morgan fingerprint density at radius 2 is 2.20 bits per heavy atom. The fourth-order valence-electron chi connectivity index (χ4n) is 2.83. The van der Waals surface area contributed by atoms with Crippen LogP contribution in [0.15, 0.2) is 24.3 Å². The van der Waals surface area contributed by atoms with E-state index in [1.807, 2.05) is 29.2 Å². The van der Waals surface area contributed by atoms with Crippen LogP contribution in [-0.4, -0.2) is 40.9 Å². The van der Waals surface area contributed by atoms with Crippen molar-refractivity contribution in [1.29, 1.82) is 0 Å². The van der Waals surface area contributed by atoms with Crippen molar-refractivity contribution in [1.82, 2.24) is 14.7 Å². The number of nitrogens with zero attached hydrogens (tertiary/aromatic N) is 3. The van der Waals surface area contributed by atoms with Crippen LogP contribution in [0.2, 0.25) is 0 Å². The number of benzene rings is 1. The highest BCUT2D eigenvalue weighted by Crippen LogP contribution is 2.25. The van der Waals surface area contributed by atoms with Crippen molar-refractivity contribution >= 4 is 16.9 Å². The molecule has 20 heavy (non-hydrogen) atoms. The number of hydrogen-bond acceptors (Lipinski definition) is 3. The molecule has 1 saturated heterocycles. The van der Waals surface area contributed by atoms with E-state index in [2.05, 4.69) is 12.0 Å². The number of likely N-dealkylation sites (tertiary alicyclic amines) is 1. The third kappa shape index (κ3) is 2.13. The van der Waals surface area contributed by atoms with Crippen LogP contribution in [0.1, 0.15) is 19.8 Å². The molecule has 1 aliphatic heterocycles. The first kappa shape index (κ1) is 13.0. The molecule has 2 aromatic rings. The number of aromatic nitrogens is 2. The van der Waals surface area contributed by atoms with Gasteiger partial charge < -0.3 is 9.64 Å². The maximum absolute atomic E-state index is 12.7. The summed E-state index contributed by atoms with van der Waals surface area (Å²) in [5.41, 5.74) is 0.799. The average molecular weight is 273 g/mol. The molecule has 0 saturated carbocycles. The highest BCUT2D eigenvalue weighted by atomic mass is 16.5. The standard InChI is InChI=1S/C15H19N3O2/c1-11-6-5-9-17(10-11)15(19)18-13-8-4-3-7-12(13)14(16-18)20-2/h3-4,7-8,11H,5-6,9-10H2,1-2H3. The summed E-state index contributed by atoms with van der Waals surface area (Å²) < 4.78 is 6.73. The Balaban J connectivity index is 1.99. The third-order valence-corrected chi connectivity index (χ3v) is 3.86. The molecule has 1 fully saturated rings. The molecule has 1 aliphatic rings. The van der Waals surface area contributed by atoms with Crippen LogP contribution >= 0.6 is 0 Å². The summed E-state index contributed by atoms with van der Waals surface area (Å²) in [4.78, 5) is 14.5. The summed E-state index contributed by atoms with van der Waals surface area (Å²) in [6.45, 7) is 3.79. The Labute approximate surface area is 118 Å². The van der Waals surface area contributed by atoms with Gasteiger partial charge in [-0.3, -0.25) is 0 Å². The second kappa shape index (κ2) is 5.15. The van der Waals surface area contributed by atoms with E-state index in [1.54, 1.807) is 7.11 Å². The zero-order valence-electron chi connectivity index (χ0n) is 11.9. The van der Waals surface area contributed by atoms with Crippen molar-refractivity contribution in [2.24, 2.45) is 5.92 Å². The molecule has 1 atom stereocenters. The van der Waals surface area contributed by atoms with Crippen LogP contribution < -0.4 is 4.74 Å². The van der Waals surface area contributed by atoms with E-state index in [1.165, 1.54) is 11.1 Å². The second-order valence-corrected chi connectivity index (χ2v) is 5.41. The van der Waals surface area contributed by atoms with Crippen LogP contribution in [0.25, 0.3) is 10.9 Å². The van der Waals surface area contributed by atoms with Gasteiger partial charge in [-0.15, -0.1) is 5.10 Å². The molecule has 0 spiro atoms. The van der Waals surface area contributed by atoms with Crippen LogP contribution in [0, 0.1) is 5.92 Å². The molecule has 5 heteroatoms. The first-order valence-electron chi connectivity index (χ1n) is 7.01. The quantitative estimate of drug-likeness (QED) is 0.802. The van der Waals surface area contributed by atoms with Gasteiger partial charge in [0.25, 0.3) is 0 Å². The number of rotatable bonds is 1. The minimum Gasteiger partial charge on any atom is -0.479 e. The Morgan fingerprint density at radius 1 is 1.40 bits per heavy atom. The Bertz CT molecular complexity index is 635. The monoisotopic (exact) mass is 273 g/mol. The summed E-state index contributed by atoms with van der Waals surface area (Å²) in [5.74, 6) is 1.05. The molecule has 0 aliphatic carbocycles. The molecule has 106 valence electrons. The van der Waals surface area contributed by atoms with E-state index in [9.17, 15) is 4.79 Å². The minimum atomic E-state index is -0.0592. The van der Waals surface area contributed by atoms with Crippen molar-refractivity contribution < 1.29 is 9.53 Å². The Hall–Kier alpha value is -2.04. The fraction of sp³-hybridized carbons (Fsp3) is 0.467. The van der Waals surface area contributed by atoms with Crippen LogP contribution in [-0.2, 0) is 0 Å². The largest absolute Gasteiger partial charge is 0.479 e. The molecule has 0 N–H and O–H groups in total. The first-order valence-corrected chi connectivity index (χ1v) is 7.01. The second-order valence-electron chi connectivity index (χ2n) is 5.41. The molecular formula is C15H19N3O2. The molecule has 1 aromatic carbocycles. The average Bonchev–Trinajstić information content (AvgIpc) is 2.85. The molecule has 1 aromatic heterocycles. The molecular weight excluding hydrogens is 254 g/mol. The van der Waals surface area contributed by atoms with Gasteiger partial charge in [-0.2, -0.15) is 4.68 Å². The first-order chi connectivity index (χ1) is 9.70. The summed E-state index contributed by atoms with van der Waals surface area (Å²) in [6.07, 6.45) is 2.25. The number of amides is 1. The van der Waals surface area contributed by atoms with E-state index in [0.717, 1.165) is 30.4 Å². The number of piperidine rings is 1. The maximum atomic E-state index is 12.7. The zero-order valence-corrected chi connectivity index (χ0v) is 11.9. The number of methoxy groups -OCH3 is 1. The van der Waals surface area contributed by atoms with E-state index >= 15 is 0 Å². The topological polar surface area (TPSA) is 47.4 Å². The molecule has 1 unspecified atom stereocenters. The van der Waals surface area contributed by atoms with E-state index in [0.29, 0.717) is 11.8 Å². The molecule has 3 rings (SSSR count). The van der Waals surface area contributed by atoms with E-state index in [4.69, 9.17) is 4.74 Å². The lowest BCUT2D eigenvalue weighted by molar-refractivity contribution is 0.169. The lowest BCUT2D eigenvalue weighted by atomic mass is 10.0. The molecule has 2 heterocycles. The molecule has 0 radical (unpaired) electrons. The van der Waals surface area contributed by atoms with Gasteiger partial charge in [-0.1, -0.05) is 19.1 Å². The lowest BCUT2D eigenvalue weighted by Gasteiger charge is -2.30. The van der Waals surface area contributed by atoms with E-state index in [-0.39, 0.29) is 6.03 Å². The Kier molecular flexibility index (Phi) is 3.34. The van der Waals surface area contributed by atoms with Crippen LogP contribution in [0.4, 0.5) is 4.79 Å². The van der Waals surface area contributed by atoms with Gasteiger partial charge in [-0.25, -0.2) is 4.79 Å². The van der Waals surface area contributed by atoms with E-state index < -0.39 is 0 Å². The van der Waals surface area contributed by atoms with Crippen molar-refractivity contribution in [2.75, 3.05) is 20.2 Å². The van der Waals surface area contributed by atoms with Gasteiger partial charge in [0.1, 0.15) is 0 Å². The molecule has 5 nitrogen and oxygen atoms in total. The number of carbonyl (C=O) groups is 1. The number of ether oxygens (including phenoxy) is 1. The lowest BCUT2D eigenvalue weighted by Crippen LogP contribution is -2.41. The van der Waals surface area contributed by atoms with Crippen molar-refractivity contribution in [3.05, 3.63) is 24.3 Å². The normalized spacial score (nSPS) is 19.3. The number of fused-ring (bicyclic) bond motifs is 1. The molecule has 0 bridgehead atoms. The van der Waals surface area contributed by atoms with Gasteiger partial charge in [-0.05, 0) is 30.9 Å². The number of hydrogen-bond donors (Lipinski definition) is 0. The molecule has 1 amide bonds. The van der Waals surface area contributed by atoms with Crippen molar-refractivity contribution in [3.8, 4) is 5.88 Å². The highest BCUT2D eigenvalue weighted by molar-refractivity contribution is 5.93. The zero-order chi connectivity index (χ0) is 14.1. The van der Waals surface area contributed by atoms with Crippen LogP contribution in [0.5, 0.6) is 5.88 Å². The van der Waals surface area contributed by atoms with Crippen LogP contribution in [0.3, 0.4) is 0 Å². The smallest absolute Gasteiger partial charge is 0.345 e. The van der Waals surface area contributed by atoms with Gasteiger partial charge in [0.15, 0.2) is 0 Å². The number of carbonyl (C=O) groups excluding carboxylic acids is 1. The summed E-state index contributed by atoms with van der Waals surface area (Å²) >= 11 is 0. The predicted molar refractivity (Wildman–Crippen MR) is 77.1 cm³/mol. The summed E-state index contributed by atoms with van der Waals surface area (Å²) in [6, 6.07) is 7.59. The SMILES string of the molecule is COc1nn(C(=O)N2CCCC(C)C2)c2ccccc12. The number of para-hydroxylation sites is 1. The third-order valence-electron chi connectivity index (χ3n) is 3.86. The summed E-state index contributed by atoms with van der Waals surface area (Å²) in [7, 11) is 1.58. The van der Waals surface area contributed by atoms with Crippen molar-refractivity contribution in [2.45, 2.75) is 19.8 Å².